The highest BCUT2D eigenvalue weighted by atomic mass is 16.5. The smallest absolute Gasteiger partial charge is 0.349 e. The SMILES string of the molecule is CCOc1ccccc1C(=O)Oc1ccc2cc(C(=O)NC3CCCCC3)c(=O)oc2c1. The van der Waals surface area contributed by atoms with Crippen LogP contribution in [0.15, 0.2) is 57.7 Å². The average molecular weight is 435 g/mol. The van der Waals surface area contributed by atoms with Gasteiger partial charge >= 0.3 is 11.6 Å². The van der Waals surface area contributed by atoms with E-state index in [9.17, 15) is 14.4 Å². The van der Waals surface area contributed by atoms with Gasteiger partial charge in [0.15, 0.2) is 0 Å². The topological polar surface area (TPSA) is 94.8 Å². The van der Waals surface area contributed by atoms with Gasteiger partial charge in [-0.05, 0) is 50.1 Å². The number of carbonyl (C=O) groups is 2. The second-order valence-corrected chi connectivity index (χ2v) is 7.77. The van der Waals surface area contributed by atoms with Crippen LogP contribution >= 0.6 is 0 Å². The lowest BCUT2D eigenvalue weighted by Gasteiger charge is -2.22. The highest BCUT2D eigenvalue weighted by Crippen LogP contribution is 2.24. The summed E-state index contributed by atoms with van der Waals surface area (Å²) in [6.45, 7) is 2.25. The number of benzene rings is 2. The molecular formula is C25H25NO6. The second-order valence-electron chi connectivity index (χ2n) is 7.77. The van der Waals surface area contributed by atoms with Gasteiger partial charge in [-0.2, -0.15) is 0 Å². The van der Waals surface area contributed by atoms with E-state index in [4.69, 9.17) is 13.9 Å². The van der Waals surface area contributed by atoms with Crippen molar-refractivity contribution in [3.63, 3.8) is 0 Å². The lowest BCUT2D eigenvalue weighted by atomic mass is 9.95. The number of hydrogen-bond acceptors (Lipinski definition) is 6. The van der Waals surface area contributed by atoms with Gasteiger partial charge in [-0.15, -0.1) is 0 Å². The summed E-state index contributed by atoms with van der Waals surface area (Å²) in [6.07, 6.45) is 5.17. The summed E-state index contributed by atoms with van der Waals surface area (Å²) in [4.78, 5) is 37.6. The van der Waals surface area contributed by atoms with E-state index in [2.05, 4.69) is 5.32 Å². The third-order valence-electron chi connectivity index (χ3n) is 5.51. The van der Waals surface area contributed by atoms with Crippen molar-refractivity contribution < 1.29 is 23.5 Å². The van der Waals surface area contributed by atoms with Crippen LogP contribution in [0.4, 0.5) is 0 Å². The van der Waals surface area contributed by atoms with Crippen LogP contribution in [0, 0.1) is 0 Å². The van der Waals surface area contributed by atoms with Gasteiger partial charge in [-0.25, -0.2) is 9.59 Å². The van der Waals surface area contributed by atoms with Gasteiger partial charge in [-0.3, -0.25) is 4.79 Å². The maximum Gasteiger partial charge on any atom is 0.349 e. The fourth-order valence-corrected chi connectivity index (χ4v) is 3.90. The van der Waals surface area contributed by atoms with Gasteiger partial charge < -0.3 is 19.2 Å². The summed E-state index contributed by atoms with van der Waals surface area (Å²) in [6, 6.07) is 13.1. The number of rotatable bonds is 6. The highest BCUT2D eigenvalue weighted by molar-refractivity contribution is 5.97. The Morgan fingerprint density at radius 3 is 2.59 bits per heavy atom. The molecule has 7 heteroatoms. The minimum Gasteiger partial charge on any atom is -0.493 e. The Morgan fingerprint density at radius 1 is 1.03 bits per heavy atom. The highest BCUT2D eigenvalue weighted by Gasteiger charge is 2.20. The van der Waals surface area contributed by atoms with Crippen LogP contribution in [-0.4, -0.2) is 24.5 Å². The molecule has 0 unspecified atom stereocenters. The number of fused-ring (bicyclic) bond motifs is 1. The van der Waals surface area contributed by atoms with Crippen molar-refractivity contribution in [3.05, 3.63) is 70.1 Å². The molecule has 32 heavy (non-hydrogen) atoms. The number of ether oxygens (including phenoxy) is 2. The van der Waals surface area contributed by atoms with E-state index in [0.717, 1.165) is 25.7 Å². The molecule has 4 rings (SSSR count). The van der Waals surface area contributed by atoms with Gasteiger partial charge in [0.05, 0.1) is 6.61 Å². The van der Waals surface area contributed by atoms with E-state index < -0.39 is 17.5 Å². The fourth-order valence-electron chi connectivity index (χ4n) is 3.90. The molecule has 0 spiro atoms. The van der Waals surface area contributed by atoms with Gasteiger partial charge in [0.25, 0.3) is 5.91 Å². The zero-order chi connectivity index (χ0) is 22.5. The van der Waals surface area contributed by atoms with Gasteiger partial charge in [-0.1, -0.05) is 31.4 Å². The van der Waals surface area contributed by atoms with Gasteiger partial charge in [0, 0.05) is 17.5 Å². The first-order chi connectivity index (χ1) is 15.5. The van der Waals surface area contributed by atoms with Crippen molar-refractivity contribution in [1.29, 1.82) is 0 Å². The van der Waals surface area contributed by atoms with Crippen molar-refractivity contribution in [2.45, 2.75) is 45.1 Å². The summed E-state index contributed by atoms with van der Waals surface area (Å²) < 4.78 is 16.3. The maximum absolute atomic E-state index is 12.6. The van der Waals surface area contributed by atoms with Crippen LogP contribution in [0.2, 0.25) is 0 Å². The summed E-state index contributed by atoms with van der Waals surface area (Å²) >= 11 is 0. The molecule has 1 aliphatic rings. The van der Waals surface area contributed by atoms with E-state index in [-0.39, 0.29) is 22.9 Å². The summed E-state index contributed by atoms with van der Waals surface area (Å²) in [5.41, 5.74) is -0.229. The first kappa shape index (κ1) is 21.6. The molecule has 0 saturated heterocycles. The predicted octanol–water partition coefficient (Wildman–Crippen LogP) is 4.47. The molecule has 0 bridgehead atoms. The van der Waals surface area contributed by atoms with Crippen LogP contribution in [0.5, 0.6) is 11.5 Å². The molecule has 1 fully saturated rings. The Morgan fingerprint density at radius 2 is 1.81 bits per heavy atom. The number of hydrogen-bond donors (Lipinski definition) is 1. The van der Waals surface area contributed by atoms with Crippen LogP contribution in [0.1, 0.15) is 59.7 Å². The normalized spacial score (nSPS) is 14.2. The van der Waals surface area contributed by atoms with E-state index in [0.29, 0.717) is 23.3 Å². The summed E-state index contributed by atoms with van der Waals surface area (Å²) in [7, 11) is 0. The number of amides is 1. The molecule has 2 aromatic carbocycles. The lowest BCUT2D eigenvalue weighted by molar-refractivity contribution is 0.0730. The molecule has 1 aliphatic carbocycles. The minimum absolute atomic E-state index is 0.0292. The Bertz CT molecular complexity index is 1190. The Hall–Kier alpha value is -3.61. The average Bonchev–Trinajstić information content (AvgIpc) is 2.79. The first-order valence-corrected chi connectivity index (χ1v) is 10.9. The van der Waals surface area contributed by atoms with E-state index in [1.807, 2.05) is 6.92 Å². The number of esters is 1. The van der Waals surface area contributed by atoms with Crippen LogP contribution < -0.4 is 20.4 Å². The van der Waals surface area contributed by atoms with Gasteiger partial charge in [0.1, 0.15) is 28.2 Å². The van der Waals surface area contributed by atoms with E-state index in [1.54, 1.807) is 36.4 Å². The van der Waals surface area contributed by atoms with Crippen LogP contribution in [0.25, 0.3) is 11.0 Å². The predicted molar refractivity (Wildman–Crippen MR) is 119 cm³/mol. The molecule has 1 heterocycles. The second kappa shape index (κ2) is 9.68. The van der Waals surface area contributed by atoms with Crippen LogP contribution in [0.3, 0.4) is 0 Å². The molecule has 0 radical (unpaired) electrons. The van der Waals surface area contributed by atoms with Crippen LogP contribution in [-0.2, 0) is 0 Å². The molecule has 0 aliphatic heterocycles. The van der Waals surface area contributed by atoms with Gasteiger partial charge in [0.2, 0.25) is 0 Å². The first-order valence-electron chi connectivity index (χ1n) is 10.9. The zero-order valence-electron chi connectivity index (χ0n) is 17.9. The molecule has 1 N–H and O–H groups in total. The van der Waals surface area contributed by atoms with Crippen molar-refractivity contribution in [1.82, 2.24) is 5.32 Å². The van der Waals surface area contributed by atoms with Crippen molar-refractivity contribution in [3.8, 4) is 11.5 Å². The molecule has 166 valence electrons. The minimum atomic E-state index is -0.726. The third kappa shape index (κ3) is 4.82. The molecule has 3 aromatic rings. The van der Waals surface area contributed by atoms with Crippen molar-refractivity contribution in [2.75, 3.05) is 6.61 Å². The molecule has 1 amide bonds. The number of para-hydroxylation sites is 1. The van der Waals surface area contributed by atoms with E-state index >= 15 is 0 Å². The lowest BCUT2D eigenvalue weighted by Crippen LogP contribution is -2.38. The van der Waals surface area contributed by atoms with Crippen molar-refractivity contribution >= 4 is 22.8 Å². The molecule has 1 saturated carbocycles. The number of carbonyl (C=O) groups excluding carboxylic acids is 2. The summed E-state index contributed by atoms with van der Waals surface area (Å²) in [5, 5.41) is 3.49. The summed E-state index contributed by atoms with van der Waals surface area (Å²) in [5.74, 6) is -0.355. The number of nitrogens with one attached hydrogen (secondary N) is 1. The molecule has 1 aromatic heterocycles. The van der Waals surface area contributed by atoms with E-state index in [1.165, 1.54) is 18.6 Å². The Labute approximate surface area is 185 Å². The quantitative estimate of drug-likeness (QED) is 0.349. The fraction of sp³-hybridized carbons (Fsp3) is 0.320. The third-order valence-corrected chi connectivity index (χ3v) is 5.51. The maximum atomic E-state index is 12.6. The monoisotopic (exact) mass is 435 g/mol. The Kier molecular flexibility index (Phi) is 6.54. The largest absolute Gasteiger partial charge is 0.493 e. The van der Waals surface area contributed by atoms with Crippen molar-refractivity contribution in [2.24, 2.45) is 0 Å². The molecular weight excluding hydrogens is 410 g/mol. The molecule has 7 nitrogen and oxygen atoms in total. The molecule has 0 atom stereocenters. The zero-order valence-corrected chi connectivity index (χ0v) is 17.9. The standard InChI is InChI=1S/C25H25NO6/c1-2-30-21-11-7-6-10-19(21)24(28)31-18-13-12-16-14-20(25(29)32-22(16)15-18)23(27)26-17-8-4-3-5-9-17/h6-7,10-15,17H,2-5,8-9H2,1H3,(H,26,27). The Balaban J connectivity index is 1.53.